The van der Waals surface area contributed by atoms with E-state index < -0.39 is 9.84 Å². The lowest BCUT2D eigenvalue weighted by Crippen LogP contribution is -2.52. The molecule has 0 radical (unpaired) electrons. The number of fused-ring (bicyclic) bond motifs is 1. The number of hydrogen-bond donors (Lipinski definition) is 0. The summed E-state index contributed by atoms with van der Waals surface area (Å²) in [5.41, 5.74) is 1.01. The number of methoxy groups -OCH3 is 1. The molecule has 3 heterocycles. The smallest absolute Gasteiger partial charge is 0.242 e. The van der Waals surface area contributed by atoms with E-state index in [2.05, 4.69) is 4.90 Å². The monoisotopic (exact) mass is 391 g/mol. The molecule has 2 aliphatic rings. The Hall–Kier alpha value is -2.06. The van der Waals surface area contributed by atoms with Crippen molar-refractivity contribution in [1.29, 1.82) is 0 Å². The number of aromatic nitrogens is 1. The maximum atomic E-state index is 12.7. The largest absolute Gasteiger partial charge is 0.497 e. The zero-order chi connectivity index (χ0) is 19.0. The fraction of sp³-hybridized carbons (Fsp3) is 0.526. The molecule has 1 amide bonds. The molecule has 1 aromatic carbocycles. The van der Waals surface area contributed by atoms with Gasteiger partial charge in [0.1, 0.15) is 12.3 Å². The van der Waals surface area contributed by atoms with E-state index >= 15 is 0 Å². The molecule has 0 unspecified atom stereocenters. The summed E-state index contributed by atoms with van der Waals surface area (Å²) < 4.78 is 30.6. The number of piperazine rings is 1. The molecule has 2 saturated heterocycles. The van der Waals surface area contributed by atoms with Crippen LogP contribution in [0.15, 0.2) is 30.5 Å². The molecule has 0 N–H and O–H groups in total. The van der Waals surface area contributed by atoms with Crippen LogP contribution in [-0.4, -0.2) is 79.5 Å². The molecule has 7 nitrogen and oxygen atoms in total. The Morgan fingerprint density at radius 2 is 1.96 bits per heavy atom. The number of rotatable bonds is 4. The second kappa shape index (κ2) is 7.16. The third kappa shape index (κ3) is 3.82. The number of nitrogens with zero attached hydrogens (tertiary/aromatic N) is 3. The zero-order valence-electron chi connectivity index (χ0n) is 15.5. The van der Waals surface area contributed by atoms with E-state index in [0.717, 1.165) is 36.2 Å². The minimum absolute atomic E-state index is 0.0991. The van der Waals surface area contributed by atoms with Gasteiger partial charge >= 0.3 is 0 Å². The molecular formula is C19H25N3O4S. The topological polar surface area (TPSA) is 71.8 Å². The molecule has 1 aromatic heterocycles. The number of carbonyl (C=O) groups excluding carboxylic acids is 1. The van der Waals surface area contributed by atoms with Crippen LogP contribution in [0.2, 0.25) is 0 Å². The molecule has 1 atom stereocenters. The lowest BCUT2D eigenvalue weighted by Gasteiger charge is -2.37. The van der Waals surface area contributed by atoms with E-state index in [1.54, 1.807) is 7.11 Å². The molecule has 0 spiro atoms. The maximum absolute atomic E-state index is 12.7. The number of sulfone groups is 1. The molecule has 2 fully saturated rings. The minimum atomic E-state index is -2.87. The first-order chi connectivity index (χ1) is 12.9. The van der Waals surface area contributed by atoms with Gasteiger partial charge in [0.2, 0.25) is 5.91 Å². The van der Waals surface area contributed by atoms with Crippen molar-refractivity contribution in [2.75, 3.05) is 44.8 Å². The highest BCUT2D eigenvalue weighted by molar-refractivity contribution is 7.91. The molecule has 0 saturated carbocycles. The van der Waals surface area contributed by atoms with Crippen LogP contribution >= 0.6 is 0 Å². The van der Waals surface area contributed by atoms with E-state index in [9.17, 15) is 13.2 Å². The van der Waals surface area contributed by atoms with Crippen LogP contribution in [0.3, 0.4) is 0 Å². The van der Waals surface area contributed by atoms with Crippen molar-refractivity contribution < 1.29 is 17.9 Å². The van der Waals surface area contributed by atoms with Crippen LogP contribution in [-0.2, 0) is 21.2 Å². The predicted octanol–water partition coefficient (Wildman–Crippen LogP) is 0.981. The summed E-state index contributed by atoms with van der Waals surface area (Å²) >= 11 is 0. The number of hydrogen-bond acceptors (Lipinski definition) is 5. The number of ether oxygens (including phenoxy) is 1. The summed E-state index contributed by atoms with van der Waals surface area (Å²) in [6.45, 7) is 3.11. The van der Waals surface area contributed by atoms with Crippen LogP contribution in [0, 0.1) is 0 Å². The quantitative estimate of drug-likeness (QED) is 0.777. The summed E-state index contributed by atoms with van der Waals surface area (Å²) in [6, 6.07) is 7.95. The van der Waals surface area contributed by atoms with Gasteiger partial charge in [-0.25, -0.2) is 8.42 Å². The average Bonchev–Trinajstić information content (AvgIpc) is 3.24. The molecule has 4 rings (SSSR count). The Labute approximate surface area is 159 Å². The molecule has 0 bridgehead atoms. The summed E-state index contributed by atoms with van der Waals surface area (Å²) in [7, 11) is -1.23. The van der Waals surface area contributed by atoms with Crippen molar-refractivity contribution >= 4 is 26.6 Å². The Morgan fingerprint density at radius 1 is 1.19 bits per heavy atom. The molecule has 27 heavy (non-hydrogen) atoms. The van der Waals surface area contributed by atoms with Crippen molar-refractivity contribution in [1.82, 2.24) is 14.4 Å². The van der Waals surface area contributed by atoms with Gasteiger partial charge in [0.15, 0.2) is 9.84 Å². The second-order valence-electron chi connectivity index (χ2n) is 7.34. The number of benzene rings is 1. The highest BCUT2D eigenvalue weighted by atomic mass is 32.2. The molecule has 0 aliphatic carbocycles. The van der Waals surface area contributed by atoms with Gasteiger partial charge < -0.3 is 14.2 Å². The molecular weight excluding hydrogens is 366 g/mol. The van der Waals surface area contributed by atoms with Gasteiger partial charge in [-0.1, -0.05) is 0 Å². The van der Waals surface area contributed by atoms with Gasteiger partial charge in [-0.2, -0.15) is 0 Å². The van der Waals surface area contributed by atoms with E-state index in [0.29, 0.717) is 25.4 Å². The normalized spacial score (nSPS) is 23.0. The highest BCUT2D eigenvalue weighted by Gasteiger charge is 2.34. The SMILES string of the molecule is COc1ccc2c(ccn2CC(=O)N2CCN([C@H]3CCS(=O)(=O)C3)CC2)c1. The van der Waals surface area contributed by atoms with Crippen molar-refractivity contribution in [2.45, 2.75) is 19.0 Å². The zero-order valence-corrected chi connectivity index (χ0v) is 16.3. The maximum Gasteiger partial charge on any atom is 0.242 e. The second-order valence-corrected chi connectivity index (χ2v) is 9.57. The highest BCUT2D eigenvalue weighted by Crippen LogP contribution is 2.22. The van der Waals surface area contributed by atoms with E-state index in [1.165, 1.54) is 0 Å². The first-order valence-corrected chi connectivity index (χ1v) is 11.1. The minimum Gasteiger partial charge on any atom is -0.497 e. The van der Waals surface area contributed by atoms with Crippen molar-refractivity contribution in [3.05, 3.63) is 30.5 Å². The molecule has 8 heteroatoms. The first kappa shape index (κ1) is 18.3. The first-order valence-electron chi connectivity index (χ1n) is 9.30. The van der Waals surface area contributed by atoms with Gasteiger partial charge in [-0.3, -0.25) is 9.69 Å². The Bertz CT molecular complexity index is 945. The van der Waals surface area contributed by atoms with Gasteiger partial charge in [-0.15, -0.1) is 0 Å². The van der Waals surface area contributed by atoms with Gasteiger partial charge in [0.25, 0.3) is 0 Å². The van der Waals surface area contributed by atoms with Crippen molar-refractivity contribution in [3.8, 4) is 5.75 Å². The number of carbonyl (C=O) groups is 1. The van der Waals surface area contributed by atoms with Crippen LogP contribution < -0.4 is 4.74 Å². The standard InChI is InChI=1S/C19H25N3O4S/c1-26-17-2-3-18-15(12-17)4-6-22(18)13-19(23)21-9-7-20(8-10-21)16-5-11-27(24,25)14-16/h2-4,6,12,16H,5,7-11,13-14H2,1H3/t16-/m0/s1. The molecule has 2 aromatic rings. The van der Waals surface area contributed by atoms with E-state index in [-0.39, 0.29) is 17.7 Å². The summed E-state index contributed by atoms with van der Waals surface area (Å²) in [5, 5.41) is 1.05. The Morgan fingerprint density at radius 3 is 2.63 bits per heavy atom. The predicted molar refractivity (Wildman–Crippen MR) is 104 cm³/mol. The summed E-state index contributed by atoms with van der Waals surface area (Å²) in [6.07, 6.45) is 2.65. The molecule has 146 valence electrons. The van der Waals surface area contributed by atoms with E-state index in [1.807, 2.05) is 39.9 Å². The van der Waals surface area contributed by atoms with Gasteiger partial charge in [-0.05, 0) is 30.7 Å². The van der Waals surface area contributed by atoms with Crippen molar-refractivity contribution in [2.24, 2.45) is 0 Å². The third-order valence-electron chi connectivity index (χ3n) is 5.68. The van der Waals surface area contributed by atoms with Crippen LogP contribution in [0.4, 0.5) is 0 Å². The molecule has 2 aliphatic heterocycles. The fourth-order valence-corrected chi connectivity index (χ4v) is 5.85. The van der Waals surface area contributed by atoms with E-state index in [4.69, 9.17) is 4.74 Å². The third-order valence-corrected chi connectivity index (χ3v) is 7.43. The van der Waals surface area contributed by atoms with Crippen LogP contribution in [0.5, 0.6) is 5.75 Å². The van der Waals surface area contributed by atoms with Gasteiger partial charge in [0.05, 0.1) is 18.6 Å². The van der Waals surface area contributed by atoms with Crippen molar-refractivity contribution in [3.63, 3.8) is 0 Å². The lowest BCUT2D eigenvalue weighted by atomic mass is 10.2. The Balaban J connectivity index is 1.36. The summed E-state index contributed by atoms with van der Waals surface area (Å²) in [5.74, 6) is 1.46. The lowest BCUT2D eigenvalue weighted by molar-refractivity contribution is -0.133. The van der Waals surface area contributed by atoms with Crippen LogP contribution in [0.1, 0.15) is 6.42 Å². The number of amides is 1. The van der Waals surface area contributed by atoms with Crippen LogP contribution in [0.25, 0.3) is 10.9 Å². The fourth-order valence-electron chi connectivity index (χ4n) is 4.09. The van der Waals surface area contributed by atoms with Gasteiger partial charge in [0, 0.05) is 49.3 Å². The Kier molecular flexibility index (Phi) is 4.86. The average molecular weight is 391 g/mol. The summed E-state index contributed by atoms with van der Waals surface area (Å²) in [4.78, 5) is 16.8.